The maximum Gasteiger partial charge on any atom is 0.219 e. The SMILES string of the molecule is C[N+](C)(O)CCCNC(=O)CCCCCCC/C=C/CCCCCCCC(=O)NCCC[N+](C)(C)CC(=O)[O-]. The molecule has 2 amide bonds. The quantitative estimate of drug-likeness (QED) is 0.0655. The highest BCUT2D eigenvalue weighted by molar-refractivity contribution is 5.76. The lowest BCUT2D eigenvalue weighted by atomic mass is 10.1. The number of quaternary nitrogens is 2. The second-order valence-corrected chi connectivity index (χ2v) is 12.0. The molecule has 0 saturated heterocycles. The predicted octanol–water partition coefficient (Wildman–Crippen LogP) is 3.31. The van der Waals surface area contributed by atoms with Gasteiger partial charge in [0, 0.05) is 38.8 Å². The van der Waals surface area contributed by atoms with E-state index in [-0.39, 0.29) is 23.0 Å². The summed E-state index contributed by atoms with van der Waals surface area (Å²) >= 11 is 0. The standard InChI is InChI=1S/C30H58N4O5/c1-33(2,27-30(37)38)25-19-23-31-28(35)21-17-15-13-11-9-7-5-6-8-10-12-14-16-18-22-29(36)32-24-20-26-34(3,4)39/h5-6,39H,7-27H2,1-4H3,(H-2,31,32,35,36,37,38)/p+1/b6-5+. The van der Waals surface area contributed by atoms with Crippen LogP contribution in [0.1, 0.15) is 103 Å². The molecular formula is C30H59N4O5+. The first-order chi connectivity index (χ1) is 18.4. The van der Waals surface area contributed by atoms with Gasteiger partial charge in [0.25, 0.3) is 0 Å². The maximum atomic E-state index is 11.9. The molecule has 9 heteroatoms. The number of rotatable bonds is 26. The van der Waals surface area contributed by atoms with Crippen LogP contribution in [0.4, 0.5) is 0 Å². The molecule has 0 aliphatic rings. The largest absolute Gasteiger partial charge is 0.544 e. The van der Waals surface area contributed by atoms with E-state index in [4.69, 9.17) is 0 Å². The smallest absolute Gasteiger partial charge is 0.219 e. The fourth-order valence-electron chi connectivity index (χ4n) is 4.43. The number of hydroxylamine groups is 3. The number of likely N-dealkylation sites (N-methyl/N-ethyl adjacent to an activating group) is 1. The second kappa shape index (κ2) is 22.8. The number of nitrogens with zero attached hydrogens (tertiary/aromatic N) is 2. The number of hydrogen-bond acceptors (Lipinski definition) is 5. The van der Waals surface area contributed by atoms with Crippen molar-refractivity contribution in [3.63, 3.8) is 0 Å². The van der Waals surface area contributed by atoms with E-state index in [0.717, 1.165) is 57.8 Å². The highest BCUT2D eigenvalue weighted by atomic mass is 16.5. The lowest BCUT2D eigenvalue weighted by Gasteiger charge is -2.30. The molecule has 0 saturated carbocycles. The van der Waals surface area contributed by atoms with Crippen molar-refractivity contribution in [2.75, 3.05) is 60.9 Å². The molecule has 0 unspecified atom stereocenters. The Morgan fingerprint density at radius 3 is 1.49 bits per heavy atom. The fraction of sp³-hybridized carbons (Fsp3) is 0.833. The van der Waals surface area contributed by atoms with Crippen molar-refractivity contribution < 1.29 is 33.8 Å². The lowest BCUT2D eigenvalue weighted by Crippen LogP contribution is -2.49. The van der Waals surface area contributed by atoms with E-state index in [2.05, 4.69) is 22.8 Å². The molecule has 0 aromatic carbocycles. The van der Waals surface area contributed by atoms with Crippen LogP contribution in [0.3, 0.4) is 0 Å². The normalized spacial score (nSPS) is 12.1. The van der Waals surface area contributed by atoms with Crippen LogP contribution in [0, 0.1) is 0 Å². The fourth-order valence-corrected chi connectivity index (χ4v) is 4.43. The number of carboxylic acid groups (broad SMARTS) is 1. The number of carbonyl (C=O) groups excluding carboxylic acids is 3. The number of unbranched alkanes of at least 4 members (excludes halogenated alkanes) is 10. The molecule has 0 aromatic rings. The number of nitrogens with one attached hydrogen (secondary N) is 2. The average molecular weight is 556 g/mol. The van der Waals surface area contributed by atoms with Gasteiger partial charge in [0.2, 0.25) is 11.8 Å². The minimum absolute atomic E-state index is 0.0131. The van der Waals surface area contributed by atoms with E-state index in [1.807, 2.05) is 14.1 Å². The molecular weight excluding hydrogens is 496 g/mol. The molecule has 0 bridgehead atoms. The first-order valence-corrected chi connectivity index (χ1v) is 15.2. The van der Waals surface area contributed by atoms with Crippen LogP contribution in [-0.2, 0) is 14.4 Å². The van der Waals surface area contributed by atoms with Crippen molar-refractivity contribution in [2.24, 2.45) is 0 Å². The van der Waals surface area contributed by atoms with Crippen LogP contribution < -0.4 is 15.7 Å². The van der Waals surface area contributed by atoms with Crippen molar-refractivity contribution >= 4 is 17.8 Å². The van der Waals surface area contributed by atoms with E-state index in [1.165, 1.54) is 32.1 Å². The third kappa shape index (κ3) is 28.8. The van der Waals surface area contributed by atoms with Gasteiger partial charge in [-0.1, -0.05) is 50.7 Å². The van der Waals surface area contributed by atoms with Crippen molar-refractivity contribution in [3.8, 4) is 0 Å². The van der Waals surface area contributed by atoms with Crippen LogP contribution in [0.5, 0.6) is 0 Å². The Hall–Kier alpha value is -1.97. The molecule has 228 valence electrons. The molecule has 0 fully saturated rings. The summed E-state index contributed by atoms with van der Waals surface area (Å²) in [4.78, 5) is 34.4. The van der Waals surface area contributed by atoms with Crippen LogP contribution in [0.2, 0.25) is 0 Å². The number of carboxylic acids is 1. The Kier molecular flexibility index (Phi) is 21.7. The van der Waals surface area contributed by atoms with E-state index in [9.17, 15) is 24.7 Å². The van der Waals surface area contributed by atoms with Crippen molar-refractivity contribution in [1.82, 2.24) is 10.6 Å². The number of hydrogen-bond donors (Lipinski definition) is 3. The minimum Gasteiger partial charge on any atom is -0.544 e. The Morgan fingerprint density at radius 2 is 1.05 bits per heavy atom. The van der Waals surface area contributed by atoms with Gasteiger partial charge in [-0.15, -0.1) is 0 Å². The molecule has 0 aliphatic heterocycles. The van der Waals surface area contributed by atoms with Crippen LogP contribution in [-0.4, -0.2) is 93.0 Å². The van der Waals surface area contributed by atoms with Crippen molar-refractivity contribution in [1.29, 1.82) is 0 Å². The summed E-state index contributed by atoms with van der Waals surface area (Å²) in [5, 5.41) is 26.2. The van der Waals surface area contributed by atoms with Gasteiger partial charge in [0.1, 0.15) is 13.1 Å². The van der Waals surface area contributed by atoms with E-state index in [1.54, 1.807) is 14.1 Å². The molecule has 39 heavy (non-hydrogen) atoms. The van der Waals surface area contributed by atoms with Gasteiger partial charge in [-0.3, -0.25) is 9.59 Å². The lowest BCUT2D eigenvalue weighted by molar-refractivity contribution is -1.07. The van der Waals surface area contributed by atoms with E-state index in [0.29, 0.717) is 43.5 Å². The van der Waals surface area contributed by atoms with E-state index < -0.39 is 5.97 Å². The number of amides is 2. The summed E-state index contributed by atoms with van der Waals surface area (Å²) in [6.45, 7) is 2.53. The first-order valence-electron chi connectivity index (χ1n) is 15.2. The third-order valence-corrected chi connectivity index (χ3v) is 6.74. The third-order valence-electron chi connectivity index (χ3n) is 6.74. The second-order valence-electron chi connectivity index (χ2n) is 12.0. The van der Waals surface area contributed by atoms with Gasteiger partial charge >= 0.3 is 0 Å². The van der Waals surface area contributed by atoms with Gasteiger partial charge in [-0.25, -0.2) is 5.21 Å². The maximum absolute atomic E-state index is 11.9. The molecule has 0 aromatic heterocycles. The highest BCUT2D eigenvalue weighted by Crippen LogP contribution is 2.10. The zero-order valence-corrected chi connectivity index (χ0v) is 25.5. The van der Waals surface area contributed by atoms with Crippen LogP contribution >= 0.6 is 0 Å². The summed E-state index contributed by atoms with van der Waals surface area (Å²) in [5.74, 6) is -0.843. The summed E-state index contributed by atoms with van der Waals surface area (Å²) in [5.41, 5.74) is 0. The molecule has 0 aliphatic carbocycles. The Balaban J connectivity index is 3.41. The minimum atomic E-state index is -1.05. The predicted molar refractivity (Wildman–Crippen MR) is 155 cm³/mol. The molecule has 0 spiro atoms. The first kappa shape index (κ1) is 37.0. The number of aliphatic carboxylic acids is 1. The van der Waals surface area contributed by atoms with E-state index >= 15 is 0 Å². The van der Waals surface area contributed by atoms with Gasteiger partial charge < -0.3 is 25.0 Å². The van der Waals surface area contributed by atoms with Crippen molar-refractivity contribution in [3.05, 3.63) is 12.2 Å². The molecule has 0 heterocycles. The molecule has 9 nitrogen and oxygen atoms in total. The van der Waals surface area contributed by atoms with Crippen molar-refractivity contribution in [2.45, 2.75) is 103 Å². The Labute approximate surface area is 238 Å². The average Bonchev–Trinajstić information content (AvgIpc) is 2.83. The summed E-state index contributed by atoms with van der Waals surface area (Å²) in [6.07, 6.45) is 20.7. The monoisotopic (exact) mass is 555 g/mol. The Bertz CT molecular complexity index is 689. The van der Waals surface area contributed by atoms with Gasteiger partial charge in [0.05, 0.1) is 40.7 Å². The molecule has 0 rings (SSSR count). The number of allylic oxidation sites excluding steroid dienone is 2. The zero-order valence-electron chi connectivity index (χ0n) is 25.5. The summed E-state index contributed by atoms with van der Waals surface area (Å²) in [7, 11) is 7.17. The topological polar surface area (TPSA) is 119 Å². The van der Waals surface area contributed by atoms with Crippen LogP contribution in [0.25, 0.3) is 0 Å². The van der Waals surface area contributed by atoms with Gasteiger partial charge in [-0.05, 0) is 38.5 Å². The van der Waals surface area contributed by atoms with Gasteiger partial charge in [-0.2, -0.15) is 4.65 Å². The Morgan fingerprint density at radius 1 is 0.641 bits per heavy atom. The zero-order chi connectivity index (χ0) is 29.4. The van der Waals surface area contributed by atoms with Gasteiger partial charge in [0.15, 0.2) is 0 Å². The molecule has 0 atom stereocenters. The highest BCUT2D eigenvalue weighted by Gasteiger charge is 2.14. The number of carbonyl (C=O) groups is 3. The van der Waals surface area contributed by atoms with Crippen LogP contribution in [0.15, 0.2) is 12.2 Å². The molecule has 3 N–H and O–H groups in total. The molecule has 0 radical (unpaired) electrons. The summed E-state index contributed by atoms with van der Waals surface area (Å²) in [6, 6.07) is 0. The summed E-state index contributed by atoms with van der Waals surface area (Å²) < 4.78 is 0.303.